The van der Waals surface area contributed by atoms with Crippen molar-refractivity contribution in [3.05, 3.63) is 25.7 Å². The highest BCUT2D eigenvalue weighted by Gasteiger charge is 2.14. The van der Waals surface area contributed by atoms with Crippen LogP contribution in [0, 0.1) is 0 Å². The van der Waals surface area contributed by atoms with Gasteiger partial charge in [0.2, 0.25) is 0 Å². The summed E-state index contributed by atoms with van der Waals surface area (Å²) in [4.78, 5) is 0. The maximum Gasteiger partial charge on any atom is 0.100 e. The van der Waals surface area contributed by atoms with Gasteiger partial charge >= 0.3 is 0 Å². The molecule has 1 aliphatic carbocycles. The summed E-state index contributed by atoms with van der Waals surface area (Å²) in [5, 5.41) is 0. The molecule has 21 heavy (non-hydrogen) atoms. The van der Waals surface area contributed by atoms with Crippen LogP contribution in [0.4, 0.5) is 4.39 Å². The second-order valence-electron chi connectivity index (χ2n) is 5.02. The highest BCUT2D eigenvalue weighted by atomic mass is 19.1. The van der Waals surface area contributed by atoms with Gasteiger partial charge in [-0.05, 0) is 32.1 Å². The molecule has 0 aromatic carbocycles. The quantitative estimate of drug-likeness (QED) is 0.354. The number of rotatable bonds is 10. The van der Waals surface area contributed by atoms with E-state index in [4.69, 9.17) is 4.74 Å². The van der Waals surface area contributed by atoms with Crippen LogP contribution in [0.25, 0.3) is 0 Å². The highest BCUT2D eigenvalue weighted by molar-refractivity contribution is 4.65. The average molecular weight is 302 g/mol. The molecule has 0 N–H and O–H groups in total. The summed E-state index contributed by atoms with van der Waals surface area (Å²) >= 11 is 0. The zero-order chi connectivity index (χ0) is 16.2. The molecular formula is C18H35FO2. The third kappa shape index (κ3) is 24.6. The summed E-state index contributed by atoms with van der Waals surface area (Å²) in [6.07, 6.45) is 12.6. The molecule has 1 saturated carbocycles. The van der Waals surface area contributed by atoms with Gasteiger partial charge in [-0.15, -0.1) is 0 Å². The lowest BCUT2D eigenvalue weighted by Crippen LogP contribution is -2.09. The Kier molecular flexibility index (Phi) is 23.0. The van der Waals surface area contributed by atoms with E-state index in [0.29, 0.717) is 0 Å². The lowest BCUT2D eigenvalue weighted by atomic mass is 9.98. The maximum absolute atomic E-state index is 11.5. The summed E-state index contributed by atoms with van der Waals surface area (Å²) in [6.45, 7) is 12.9. The molecule has 0 aromatic heterocycles. The van der Waals surface area contributed by atoms with E-state index in [2.05, 4.69) is 31.7 Å². The predicted molar refractivity (Wildman–Crippen MR) is 90.1 cm³/mol. The van der Waals surface area contributed by atoms with E-state index in [9.17, 15) is 4.39 Å². The lowest BCUT2D eigenvalue weighted by molar-refractivity contribution is 0.126. The highest BCUT2D eigenvalue weighted by Crippen LogP contribution is 2.20. The second-order valence-corrected chi connectivity index (χ2v) is 5.02. The number of unbranched alkanes of at least 4 members (excludes halogenated alkanes) is 4. The minimum absolute atomic E-state index is 0.435. The minimum Gasteiger partial charge on any atom is -0.474 e. The van der Waals surface area contributed by atoms with Crippen molar-refractivity contribution in [3.63, 3.8) is 0 Å². The minimum atomic E-state index is -0.435. The molecule has 0 saturated heterocycles. The summed E-state index contributed by atoms with van der Waals surface area (Å²) in [5.41, 5.74) is 0. The first-order valence-corrected chi connectivity index (χ1v) is 8.31. The third-order valence-electron chi connectivity index (χ3n) is 3.01. The van der Waals surface area contributed by atoms with Gasteiger partial charge in [0.15, 0.2) is 0 Å². The van der Waals surface area contributed by atoms with Gasteiger partial charge < -0.3 is 9.47 Å². The number of alkyl halides is 1. The van der Waals surface area contributed by atoms with Crippen LogP contribution in [0.3, 0.4) is 0 Å². The van der Waals surface area contributed by atoms with Crippen LogP contribution in [-0.2, 0) is 9.47 Å². The van der Waals surface area contributed by atoms with Crippen molar-refractivity contribution in [1.29, 1.82) is 0 Å². The number of halogens is 1. The van der Waals surface area contributed by atoms with Crippen LogP contribution in [0.15, 0.2) is 25.7 Å². The van der Waals surface area contributed by atoms with Crippen molar-refractivity contribution in [2.24, 2.45) is 0 Å². The van der Waals surface area contributed by atoms with Crippen LogP contribution in [0.2, 0.25) is 0 Å². The molecule has 0 aromatic rings. The van der Waals surface area contributed by atoms with Crippen molar-refractivity contribution in [2.75, 3.05) is 13.2 Å². The molecule has 1 fully saturated rings. The molecule has 0 amide bonds. The molecule has 0 spiro atoms. The molecule has 0 unspecified atom stereocenters. The molecular weight excluding hydrogens is 267 g/mol. The molecule has 1 aliphatic rings. The molecule has 0 bridgehead atoms. The van der Waals surface area contributed by atoms with E-state index in [-0.39, 0.29) is 0 Å². The Hall–Kier alpha value is -0.830. The predicted octanol–water partition coefficient (Wildman–Crippen LogP) is 6.18. The largest absolute Gasteiger partial charge is 0.474 e. The first-order chi connectivity index (χ1) is 10.2. The monoisotopic (exact) mass is 302 g/mol. The first kappa shape index (κ1) is 22.5. The third-order valence-corrected chi connectivity index (χ3v) is 3.01. The zero-order valence-corrected chi connectivity index (χ0v) is 14.1. The fourth-order valence-electron chi connectivity index (χ4n) is 1.44. The number of hydrogen-bond acceptors (Lipinski definition) is 2. The number of ether oxygens (including phenoxy) is 2. The van der Waals surface area contributed by atoms with Gasteiger partial charge in [0.1, 0.15) is 6.17 Å². The van der Waals surface area contributed by atoms with Gasteiger partial charge in [-0.25, -0.2) is 4.39 Å². The van der Waals surface area contributed by atoms with Crippen molar-refractivity contribution in [3.8, 4) is 0 Å². The number of hydrogen-bond donors (Lipinski definition) is 0. The Morgan fingerprint density at radius 1 is 0.952 bits per heavy atom. The summed E-state index contributed by atoms with van der Waals surface area (Å²) in [6, 6.07) is 0. The smallest absolute Gasteiger partial charge is 0.100 e. The SMILES string of the molecule is C=COC=C.CCCCCOCCCCC.FC1CCC1. The van der Waals surface area contributed by atoms with Crippen LogP contribution in [-0.4, -0.2) is 19.4 Å². The van der Waals surface area contributed by atoms with Gasteiger partial charge in [0.05, 0.1) is 12.5 Å². The van der Waals surface area contributed by atoms with E-state index in [1.165, 1.54) is 51.0 Å². The van der Waals surface area contributed by atoms with E-state index >= 15 is 0 Å². The van der Waals surface area contributed by atoms with Crippen LogP contribution < -0.4 is 0 Å². The second kappa shape index (κ2) is 21.5. The van der Waals surface area contributed by atoms with Gasteiger partial charge in [0.25, 0.3) is 0 Å². The summed E-state index contributed by atoms with van der Waals surface area (Å²) < 4.78 is 21.3. The Balaban J connectivity index is 0. The van der Waals surface area contributed by atoms with Gasteiger partial charge in [-0.3, -0.25) is 0 Å². The fourth-order valence-corrected chi connectivity index (χ4v) is 1.44. The van der Waals surface area contributed by atoms with E-state index < -0.39 is 6.17 Å². The Morgan fingerprint density at radius 2 is 1.38 bits per heavy atom. The molecule has 0 atom stereocenters. The van der Waals surface area contributed by atoms with Crippen LogP contribution in [0.5, 0.6) is 0 Å². The maximum atomic E-state index is 11.5. The van der Waals surface area contributed by atoms with E-state index in [1.54, 1.807) is 0 Å². The van der Waals surface area contributed by atoms with E-state index in [1.807, 2.05) is 0 Å². The van der Waals surface area contributed by atoms with Crippen molar-refractivity contribution in [2.45, 2.75) is 77.8 Å². The lowest BCUT2D eigenvalue weighted by Gasteiger charge is -2.14. The van der Waals surface area contributed by atoms with Crippen molar-refractivity contribution >= 4 is 0 Å². The van der Waals surface area contributed by atoms with Gasteiger partial charge in [-0.2, -0.15) is 0 Å². The molecule has 0 heterocycles. The first-order valence-electron chi connectivity index (χ1n) is 8.31. The van der Waals surface area contributed by atoms with Gasteiger partial charge in [-0.1, -0.05) is 52.7 Å². The molecule has 1 rings (SSSR count). The molecule has 3 heteroatoms. The molecule has 0 aliphatic heterocycles. The Bertz CT molecular complexity index is 189. The van der Waals surface area contributed by atoms with Crippen molar-refractivity contribution < 1.29 is 13.9 Å². The topological polar surface area (TPSA) is 18.5 Å². The van der Waals surface area contributed by atoms with E-state index in [0.717, 1.165) is 32.5 Å². The fraction of sp³-hybridized carbons (Fsp3) is 0.778. The van der Waals surface area contributed by atoms with Crippen LogP contribution in [0.1, 0.15) is 71.6 Å². The summed E-state index contributed by atoms with van der Waals surface area (Å²) in [7, 11) is 0. The summed E-state index contributed by atoms with van der Waals surface area (Å²) in [5.74, 6) is 0. The molecule has 2 nitrogen and oxygen atoms in total. The Labute approximate surface area is 131 Å². The Morgan fingerprint density at radius 3 is 1.57 bits per heavy atom. The van der Waals surface area contributed by atoms with Gasteiger partial charge in [0, 0.05) is 13.2 Å². The average Bonchev–Trinajstić information content (AvgIpc) is 2.46. The zero-order valence-electron chi connectivity index (χ0n) is 14.1. The molecule has 0 radical (unpaired) electrons. The standard InChI is InChI=1S/C10H22O.C4H7F.C4H6O/c1-3-5-7-9-11-10-8-6-4-2;5-4-2-1-3-4;1-3-5-4-2/h3-10H2,1-2H3;4H,1-3H2;3-4H,1-2H2. The normalized spacial score (nSPS) is 12.9. The van der Waals surface area contributed by atoms with Crippen molar-refractivity contribution in [1.82, 2.24) is 0 Å². The van der Waals surface area contributed by atoms with Crippen LogP contribution >= 0.6 is 0 Å². The molecule has 126 valence electrons.